The molecule has 4 atom stereocenters. The summed E-state index contributed by atoms with van der Waals surface area (Å²) in [6, 6.07) is -1.01. The van der Waals surface area contributed by atoms with Crippen LogP contribution in [0.3, 0.4) is 0 Å². The summed E-state index contributed by atoms with van der Waals surface area (Å²) in [5.74, 6) is -0.595. The summed E-state index contributed by atoms with van der Waals surface area (Å²) in [6.45, 7) is 4.08. The van der Waals surface area contributed by atoms with Crippen LogP contribution < -0.4 is 5.32 Å². The van der Waals surface area contributed by atoms with Crippen molar-refractivity contribution in [2.45, 2.75) is 372 Å². The minimum absolute atomic E-state index is 0.360. The second-order valence-electron chi connectivity index (χ2n) is 22.8. The van der Waals surface area contributed by atoms with Gasteiger partial charge in [0.25, 0.3) is 0 Å². The second kappa shape index (κ2) is 62.1. The third-order valence-electron chi connectivity index (χ3n) is 15.5. The van der Waals surface area contributed by atoms with E-state index in [0.29, 0.717) is 19.3 Å². The predicted octanol–water partition coefficient (Wildman–Crippen LogP) is 20.1. The Balaban J connectivity index is 3.63. The first-order chi connectivity index (χ1) is 36.5. The predicted molar refractivity (Wildman–Crippen MR) is 325 cm³/mol. The lowest BCUT2D eigenvalue weighted by atomic mass is 10.00. The fourth-order valence-corrected chi connectivity index (χ4v) is 10.3. The van der Waals surface area contributed by atoms with Crippen LogP contribution in [0.4, 0.5) is 0 Å². The van der Waals surface area contributed by atoms with Crippen LogP contribution >= 0.6 is 0 Å². The highest BCUT2D eigenvalue weighted by Gasteiger charge is 2.28. The van der Waals surface area contributed by atoms with E-state index in [1.165, 1.54) is 263 Å². The molecule has 0 aromatic heterocycles. The van der Waals surface area contributed by atoms with Crippen LogP contribution in [0.5, 0.6) is 0 Å². The molecule has 0 bridgehead atoms. The Labute approximate surface area is 461 Å². The Hall–Kier alpha value is -1.73. The number of nitrogens with one attached hydrogen (secondary N) is 1. The topological polar surface area (TPSA) is 110 Å². The molecule has 6 heteroatoms. The summed E-state index contributed by atoms with van der Waals surface area (Å²) in [4.78, 5) is 12.6. The van der Waals surface area contributed by atoms with Gasteiger partial charge in [0, 0.05) is 0 Å². The van der Waals surface area contributed by atoms with E-state index in [0.717, 1.165) is 51.4 Å². The van der Waals surface area contributed by atoms with Gasteiger partial charge in [-0.25, -0.2) is 0 Å². The molecule has 0 saturated heterocycles. The highest BCUT2D eigenvalue weighted by molar-refractivity contribution is 5.80. The molecule has 0 aliphatic heterocycles. The Kier molecular flexibility index (Phi) is 60.7. The van der Waals surface area contributed by atoms with E-state index in [-0.39, 0.29) is 0 Å². The van der Waals surface area contributed by atoms with Gasteiger partial charge in [-0.1, -0.05) is 306 Å². The first-order valence-electron chi connectivity index (χ1n) is 33.0. The number of unbranched alkanes of at least 4 members (excludes halogenated alkanes) is 44. The van der Waals surface area contributed by atoms with E-state index in [4.69, 9.17) is 0 Å². The Morgan fingerprint density at radius 1 is 0.324 bits per heavy atom. The van der Waals surface area contributed by atoms with Gasteiger partial charge in [-0.15, -0.1) is 0 Å². The third-order valence-corrected chi connectivity index (χ3v) is 15.5. The molecule has 6 nitrogen and oxygen atoms in total. The fraction of sp³-hybridized carbons (Fsp3) is 0.868. The zero-order chi connectivity index (χ0) is 53.7. The minimum Gasteiger partial charge on any atom is -0.394 e. The molecule has 0 heterocycles. The third kappa shape index (κ3) is 55.0. The standard InChI is InChI=1S/C68H129NO5/c1-3-5-7-9-11-13-15-17-19-21-23-25-27-29-31-32-33-34-35-36-38-40-42-44-46-48-50-52-54-56-58-60-62-66(72)68(74)69-64(63-70)67(73)65(71)61-59-57-55-53-51-49-47-45-43-41-39-37-30-28-26-24-22-20-18-16-14-12-10-8-6-4-2/h29,31,37,39,45,47,53,55,64-67,70-73H,3-28,30,32-36,38,40-44,46,48-52,54,56-63H2,1-2H3,(H,69,74)/b31-29-,39-37+,47-45+,55-53+. The van der Waals surface area contributed by atoms with Crippen molar-refractivity contribution < 1.29 is 25.2 Å². The Bertz CT molecular complexity index is 1210. The number of allylic oxidation sites excluding steroid dienone is 8. The van der Waals surface area contributed by atoms with Crippen molar-refractivity contribution >= 4 is 5.91 Å². The van der Waals surface area contributed by atoms with Gasteiger partial charge in [0.15, 0.2) is 0 Å². The van der Waals surface area contributed by atoms with Crippen LogP contribution in [0.15, 0.2) is 48.6 Å². The van der Waals surface area contributed by atoms with Crippen molar-refractivity contribution in [2.75, 3.05) is 6.61 Å². The molecule has 0 aromatic rings. The number of amides is 1. The number of aliphatic hydroxyl groups excluding tert-OH is 4. The number of hydrogen-bond donors (Lipinski definition) is 5. The largest absolute Gasteiger partial charge is 0.394 e. The summed E-state index contributed by atoms with van der Waals surface area (Å²) in [5, 5.41) is 44.1. The van der Waals surface area contributed by atoms with Crippen molar-refractivity contribution in [2.24, 2.45) is 0 Å². The van der Waals surface area contributed by atoms with Crippen LogP contribution in [0.2, 0.25) is 0 Å². The molecular weight excluding hydrogens is 911 g/mol. The summed E-state index contributed by atoms with van der Waals surface area (Å²) in [5.41, 5.74) is 0. The highest BCUT2D eigenvalue weighted by Crippen LogP contribution is 2.18. The van der Waals surface area contributed by atoms with Gasteiger partial charge < -0.3 is 25.7 Å². The van der Waals surface area contributed by atoms with E-state index in [9.17, 15) is 25.2 Å². The number of hydrogen-bond acceptors (Lipinski definition) is 5. The minimum atomic E-state index is -1.30. The van der Waals surface area contributed by atoms with E-state index in [1.54, 1.807) is 0 Å². The first-order valence-corrected chi connectivity index (χ1v) is 33.0. The molecule has 4 unspecified atom stereocenters. The van der Waals surface area contributed by atoms with Gasteiger partial charge in [-0.2, -0.15) is 0 Å². The quantitative estimate of drug-likeness (QED) is 0.0308. The molecule has 1 amide bonds. The normalized spacial score (nSPS) is 13.9. The van der Waals surface area contributed by atoms with Crippen molar-refractivity contribution in [1.29, 1.82) is 0 Å². The lowest BCUT2D eigenvalue weighted by molar-refractivity contribution is -0.132. The molecule has 5 N–H and O–H groups in total. The van der Waals surface area contributed by atoms with Gasteiger partial charge in [-0.05, 0) is 89.9 Å². The van der Waals surface area contributed by atoms with Crippen LogP contribution in [0, 0.1) is 0 Å². The summed E-state index contributed by atoms with van der Waals surface area (Å²) in [6.07, 6.45) is 80.8. The molecule has 436 valence electrons. The van der Waals surface area contributed by atoms with Gasteiger partial charge in [-0.3, -0.25) is 4.79 Å². The molecule has 74 heavy (non-hydrogen) atoms. The highest BCUT2D eigenvalue weighted by atomic mass is 16.3. The van der Waals surface area contributed by atoms with Crippen LogP contribution in [-0.2, 0) is 4.79 Å². The SMILES string of the molecule is CCCCCCCCCCCCCC/C=C\CCCCCCCCCCCCCCCCCCC(O)C(=O)NC(CO)C(O)C(O)CCC/C=C/CC/C=C/CC/C=C/CCCCCCCCCCCCCCC. The maximum Gasteiger partial charge on any atom is 0.249 e. The van der Waals surface area contributed by atoms with Crippen LogP contribution in [0.1, 0.15) is 348 Å². The molecule has 0 spiro atoms. The number of rotatable bonds is 61. The zero-order valence-corrected chi connectivity index (χ0v) is 49.6. The van der Waals surface area contributed by atoms with E-state index in [2.05, 4.69) is 67.8 Å². The smallest absolute Gasteiger partial charge is 0.249 e. The number of aliphatic hydroxyl groups is 4. The summed E-state index contributed by atoms with van der Waals surface area (Å²) < 4.78 is 0. The average molecular weight is 1040 g/mol. The van der Waals surface area contributed by atoms with Gasteiger partial charge in [0.2, 0.25) is 5.91 Å². The maximum atomic E-state index is 12.6. The second-order valence-corrected chi connectivity index (χ2v) is 22.8. The van der Waals surface area contributed by atoms with Gasteiger partial charge in [0.05, 0.1) is 18.8 Å². The van der Waals surface area contributed by atoms with E-state index in [1.807, 2.05) is 0 Å². The van der Waals surface area contributed by atoms with Crippen molar-refractivity contribution in [3.05, 3.63) is 48.6 Å². The van der Waals surface area contributed by atoms with Crippen molar-refractivity contribution in [3.8, 4) is 0 Å². The molecule has 0 aliphatic carbocycles. The molecule has 0 aromatic carbocycles. The average Bonchev–Trinajstić information content (AvgIpc) is 3.41. The molecular formula is C68H129NO5. The van der Waals surface area contributed by atoms with Crippen LogP contribution in [-0.4, -0.2) is 57.3 Å². The van der Waals surface area contributed by atoms with E-state index >= 15 is 0 Å². The van der Waals surface area contributed by atoms with Gasteiger partial charge in [0.1, 0.15) is 12.2 Å². The molecule has 0 rings (SSSR count). The monoisotopic (exact) mass is 1040 g/mol. The van der Waals surface area contributed by atoms with Gasteiger partial charge >= 0.3 is 0 Å². The lowest BCUT2D eigenvalue weighted by Crippen LogP contribution is -2.53. The number of carbonyl (C=O) groups excluding carboxylic acids is 1. The first kappa shape index (κ1) is 72.3. The van der Waals surface area contributed by atoms with Crippen molar-refractivity contribution in [3.63, 3.8) is 0 Å². The lowest BCUT2D eigenvalue weighted by Gasteiger charge is -2.27. The fourth-order valence-electron chi connectivity index (χ4n) is 10.3. The molecule has 0 radical (unpaired) electrons. The summed E-state index contributed by atoms with van der Waals surface area (Å²) in [7, 11) is 0. The van der Waals surface area contributed by atoms with E-state index < -0.39 is 36.9 Å². The van der Waals surface area contributed by atoms with Crippen molar-refractivity contribution in [1.82, 2.24) is 5.32 Å². The Morgan fingerprint density at radius 3 is 0.851 bits per heavy atom. The summed E-state index contributed by atoms with van der Waals surface area (Å²) >= 11 is 0. The Morgan fingerprint density at radius 2 is 0.568 bits per heavy atom. The maximum absolute atomic E-state index is 12.6. The molecule has 0 saturated carbocycles. The molecule has 0 fully saturated rings. The van der Waals surface area contributed by atoms with Crippen LogP contribution in [0.25, 0.3) is 0 Å². The zero-order valence-electron chi connectivity index (χ0n) is 49.6. The number of carbonyl (C=O) groups is 1. The molecule has 0 aliphatic rings.